The summed E-state index contributed by atoms with van der Waals surface area (Å²) in [7, 11) is 0. The molecule has 8 nitrogen and oxygen atoms in total. The van der Waals surface area contributed by atoms with Crippen molar-refractivity contribution in [2.75, 3.05) is 0 Å². The van der Waals surface area contributed by atoms with E-state index in [0.717, 1.165) is 0 Å². The third-order valence-corrected chi connectivity index (χ3v) is 3.43. The van der Waals surface area contributed by atoms with Gasteiger partial charge in [-0.05, 0) is 25.0 Å². The summed E-state index contributed by atoms with van der Waals surface area (Å²) < 4.78 is 0. The van der Waals surface area contributed by atoms with Crippen molar-refractivity contribution in [3.63, 3.8) is 0 Å². The van der Waals surface area contributed by atoms with E-state index in [-0.39, 0.29) is 11.1 Å². The number of hydrogen-bond acceptors (Lipinski definition) is 5. The molecule has 0 radical (unpaired) electrons. The highest BCUT2D eigenvalue weighted by atomic mass is 16.7. The van der Waals surface area contributed by atoms with Gasteiger partial charge in [0.25, 0.3) is 11.8 Å². The molecule has 108 valence electrons. The minimum absolute atomic E-state index is 0.169. The molecule has 1 aromatic rings. The maximum atomic E-state index is 12.0. The van der Waals surface area contributed by atoms with Crippen LogP contribution in [0.1, 0.15) is 33.6 Å². The lowest BCUT2D eigenvalue weighted by atomic mass is 10.1. The van der Waals surface area contributed by atoms with Gasteiger partial charge in [-0.2, -0.15) is 0 Å². The minimum Gasteiger partial charge on any atom is -0.352 e. The van der Waals surface area contributed by atoms with Crippen molar-refractivity contribution in [1.82, 2.24) is 10.4 Å². The fraction of sp³-hybridized carbons (Fsp3) is 0.231. The number of hydroxylamine groups is 2. The van der Waals surface area contributed by atoms with Gasteiger partial charge in [0.05, 0.1) is 11.1 Å². The summed E-state index contributed by atoms with van der Waals surface area (Å²) in [6, 6.07) is 5.28. The average Bonchev–Trinajstić information content (AvgIpc) is 3.18. The Hall–Kier alpha value is -2.90. The summed E-state index contributed by atoms with van der Waals surface area (Å²) in [4.78, 5) is 51.8. The Morgan fingerprint density at radius 2 is 1.67 bits per heavy atom. The SMILES string of the molecule is NC(=O)NC1(C(=O)ON2C(=O)c3ccccc3C2=O)CC1. The summed E-state index contributed by atoms with van der Waals surface area (Å²) >= 11 is 0. The zero-order valence-electron chi connectivity index (χ0n) is 10.8. The van der Waals surface area contributed by atoms with Crippen LogP contribution in [0.4, 0.5) is 4.79 Å². The zero-order chi connectivity index (χ0) is 15.2. The van der Waals surface area contributed by atoms with E-state index in [4.69, 9.17) is 10.6 Å². The molecule has 0 bridgehead atoms. The Morgan fingerprint density at radius 3 is 2.10 bits per heavy atom. The van der Waals surface area contributed by atoms with Crippen LogP contribution in [0.3, 0.4) is 0 Å². The Morgan fingerprint density at radius 1 is 1.14 bits per heavy atom. The van der Waals surface area contributed by atoms with Gasteiger partial charge in [-0.15, -0.1) is 0 Å². The number of rotatable bonds is 3. The number of carbonyl (C=O) groups excluding carboxylic acids is 4. The van der Waals surface area contributed by atoms with Crippen molar-refractivity contribution < 1.29 is 24.0 Å². The number of imide groups is 1. The van der Waals surface area contributed by atoms with Gasteiger partial charge >= 0.3 is 12.0 Å². The first-order valence-corrected chi connectivity index (χ1v) is 6.22. The highest BCUT2D eigenvalue weighted by Crippen LogP contribution is 2.37. The van der Waals surface area contributed by atoms with Crippen LogP contribution in [0.2, 0.25) is 0 Å². The second-order valence-corrected chi connectivity index (χ2v) is 4.90. The molecular formula is C13H11N3O5. The summed E-state index contributed by atoms with van der Waals surface area (Å²) in [6.07, 6.45) is 0.690. The third-order valence-electron chi connectivity index (χ3n) is 3.43. The van der Waals surface area contributed by atoms with Crippen molar-refractivity contribution in [3.05, 3.63) is 35.4 Å². The van der Waals surface area contributed by atoms with E-state index >= 15 is 0 Å². The highest BCUT2D eigenvalue weighted by Gasteiger charge is 2.55. The molecule has 1 aliphatic heterocycles. The van der Waals surface area contributed by atoms with E-state index in [1.807, 2.05) is 0 Å². The number of nitrogens with two attached hydrogens (primary N) is 1. The monoisotopic (exact) mass is 289 g/mol. The van der Waals surface area contributed by atoms with Crippen molar-refractivity contribution in [2.24, 2.45) is 5.73 Å². The summed E-state index contributed by atoms with van der Waals surface area (Å²) in [5, 5.41) is 2.68. The number of nitrogens with one attached hydrogen (secondary N) is 1. The minimum atomic E-state index is -1.23. The summed E-state index contributed by atoms with van der Waals surface area (Å²) in [6.45, 7) is 0. The maximum Gasteiger partial charge on any atom is 0.358 e. The molecule has 0 aromatic heterocycles. The number of hydrogen-bond donors (Lipinski definition) is 2. The summed E-state index contributed by atoms with van der Waals surface area (Å²) in [5.41, 5.74) is 4.09. The lowest BCUT2D eigenvalue weighted by Crippen LogP contribution is -2.49. The highest BCUT2D eigenvalue weighted by molar-refractivity contribution is 6.21. The van der Waals surface area contributed by atoms with Gasteiger partial charge in [-0.25, -0.2) is 9.59 Å². The van der Waals surface area contributed by atoms with Crippen LogP contribution >= 0.6 is 0 Å². The first kappa shape index (κ1) is 13.1. The first-order chi connectivity index (χ1) is 9.94. The molecule has 3 N–H and O–H groups in total. The predicted molar refractivity (Wildman–Crippen MR) is 67.7 cm³/mol. The lowest BCUT2D eigenvalue weighted by Gasteiger charge is -2.18. The number of nitrogens with zero attached hydrogens (tertiary/aromatic N) is 1. The van der Waals surface area contributed by atoms with Crippen molar-refractivity contribution in [3.8, 4) is 0 Å². The topological polar surface area (TPSA) is 119 Å². The van der Waals surface area contributed by atoms with Crippen molar-refractivity contribution in [2.45, 2.75) is 18.4 Å². The second-order valence-electron chi connectivity index (χ2n) is 4.90. The number of amides is 4. The number of carbonyl (C=O) groups is 4. The van der Waals surface area contributed by atoms with Crippen LogP contribution < -0.4 is 11.1 Å². The number of benzene rings is 1. The fourth-order valence-corrected chi connectivity index (χ4v) is 2.16. The van der Waals surface area contributed by atoms with Crippen molar-refractivity contribution in [1.29, 1.82) is 0 Å². The van der Waals surface area contributed by atoms with Gasteiger partial charge in [0.15, 0.2) is 0 Å². The normalized spacial score (nSPS) is 18.2. The first-order valence-electron chi connectivity index (χ1n) is 6.22. The van der Waals surface area contributed by atoms with E-state index in [9.17, 15) is 19.2 Å². The second kappa shape index (κ2) is 4.30. The smallest absolute Gasteiger partial charge is 0.352 e. The molecule has 1 saturated carbocycles. The van der Waals surface area contributed by atoms with Crippen molar-refractivity contribution >= 4 is 23.8 Å². The van der Waals surface area contributed by atoms with Crippen LogP contribution in [0.25, 0.3) is 0 Å². The fourth-order valence-electron chi connectivity index (χ4n) is 2.16. The van der Waals surface area contributed by atoms with Gasteiger partial charge in [-0.1, -0.05) is 17.2 Å². The van der Waals surface area contributed by atoms with Crippen LogP contribution in [-0.2, 0) is 9.63 Å². The quantitative estimate of drug-likeness (QED) is 0.756. The van der Waals surface area contributed by atoms with Gasteiger partial charge in [0.2, 0.25) is 0 Å². The van der Waals surface area contributed by atoms with Gasteiger partial charge in [0.1, 0.15) is 5.54 Å². The molecule has 0 spiro atoms. The van der Waals surface area contributed by atoms with Crippen LogP contribution in [0, 0.1) is 0 Å². The van der Waals surface area contributed by atoms with E-state index in [1.54, 1.807) is 12.1 Å². The number of fused-ring (bicyclic) bond motifs is 1. The third kappa shape index (κ3) is 2.00. The van der Waals surface area contributed by atoms with E-state index in [2.05, 4.69) is 5.32 Å². The zero-order valence-corrected chi connectivity index (χ0v) is 10.8. The Bertz CT molecular complexity index is 645. The molecule has 21 heavy (non-hydrogen) atoms. The van der Waals surface area contributed by atoms with Crippen LogP contribution in [0.15, 0.2) is 24.3 Å². The van der Waals surface area contributed by atoms with Gasteiger partial charge < -0.3 is 15.9 Å². The molecule has 4 amide bonds. The van der Waals surface area contributed by atoms with Gasteiger partial charge in [0, 0.05) is 0 Å². The van der Waals surface area contributed by atoms with E-state index < -0.39 is 29.4 Å². The van der Waals surface area contributed by atoms with Gasteiger partial charge in [-0.3, -0.25) is 9.59 Å². The Kier molecular flexibility index (Phi) is 2.68. The standard InChI is InChI=1S/C13H11N3O5/c14-12(20)15-13(5-6-13)11(19)21-16-9(17)7-3-1-2-4-8(7)10(16)18/h1-4H,5-6H2,(H3,14,15,20). The molecule has 0 unspecified atom stereocenters. The molecule has 1 aromatic carbocycles. The molecule has 2 aliphatic rings. The Balaban J connectivity index is 1.78. The molecule has 3 rings (SSSR count). The molecule has 0 saturated heterocycles. The number of primary amides is 1. The molecule has 8 heteroatoms. The average molecular weight is 289 g/mol. The largest absolute Gasteiger partial charge is 0.358 e. The van der Waals surface area contributed by atoms with Crippen LogP contribution in [-0.4, -0.2) is 34.4 Å². The molecular weight excluding hydrogens is 278 g/mol. The number of urea groups is 1. The van der Waals surface area contributed by atoms with E-state index in [1.165, 1.54) is 12.1 Å². The summed E-state index contributed by atoms with van der Waals surface area (Å²) in [5.74, 6) is -2.30. The van der Waals surface area contributed by atoms with E-state index in [0.29, 0.717) is 17.9 Å². The Labute approximate surface area is 118 Å². The lowest BCUT2D eigenvalue weighted by molar-refractivity contribution is -0.172. The van der Waals surface area contributed by atoms with Crippen LogP contribution in [0.5, 0.6) is 0 Å². The molecule has 0 atom stereocenters. The molecule has 1 heterocycles. The predicted octanol–water partition coefficient (Wildman–Crippen LogP) is -0.0583. The molecule has 1 aliphatic carbocycles. The maximum absolute atomic E-state index is 12.0. The molecule has 1 fully saturated rings.